The fraction of sp³-hybridized carbons (Fsp3) is 0.909. The van der Waals surface area contributed by atoms with Gasteiger partial charge in [-0.1, -0.05) is 6.92 Å². The lowest BCUT2D eigenvalue weighted by Crippen LogP contribution is -2.38. The molecule has 2 rings (SSSR count). The molecule has 1 atom stereocenters. The Hall–Kier alpha value is -0.410. The summed E-state index contributed by atoms with van der Waals surface area (Å²) >= 11 is 0. The van der Waals surface area contributed by atoms with Crippen molar-refractivity contribution in [3.05, 3.63) is 0 Å². The molecule has 0 radical (unpaired) electrons. The smallest absolute Gasteiger partial charge is 0.171 e. The van der Waals surface area contributed by atoms with Gasteiger partial charge in [0.1, 0.15) is 5.78 Å². The van der Waals surface area contributed by atoms with Gasteiger partial charge in [0.25, 0.3) is 0 Å². The lowest BCUT2D eigenvalue weighted by molar-refractivity contribution is -0.199. The van der Waals surface area contributed by atoms with Gasteiger partial charge in [-0.3, -0.25) is 4.79 Å². The molecule has 3 heteroatoms. The largest absolute Gasteiger partial charge is 0.347 e. The minimum absolute atomic E-state index is 0.361. The van der Waals surface area contributed by atoms with E-state index in [1.54, 1.807) is 0 Å². The van der Waals surface area contributed by atoms with Crippen LogP contribution >= 0.6 is 0 Å². The van der Waals surface area contributed by atoms with Crippen LogP contribution in [0.2, 0.25) is 0 Å². The molecule has 80 valence electrons. The molecule has 14 heavy (non-hydrogen) atoms. The zero-order chi connectivity index (χ0) is 10.0. The molecule has 0 aromatic rings. The van der Waals surface area contributed by atoms with Gasteiger partial charge in [-0.15, -0.1) is 0 Å². The fourth-order valence-corrected chi connectivity index (χ4v) is 2.56. The van der Waals surface area contributed by atoms with E-state index in [-0.39, 0.29) is 0 Å². The van der Waals surface area contributed by atoms with Crippen molar-refractivity contribution in [1.29, 1.82) is 0 Å². The van der Waals surface area contributed by atoms with Crippen LogP contribution in [-0.4, -0.2) is 24.8 Å². The monoisotopic (exact) mass is 198 g/mol. The molecule has 2 aliphatic rings. The summed E-state index contributed by atoms with van der Waals surface area (Å²) in [5.74, 6) is 0.344. The molecule has 1 saturated heterocycles. The molecule has 1 unspecified atom stereocenters. The van der Waals surface area contributed by atoms with Crippen molar-refractivity contribution in [2.75, 3.05) is 13.2 Å². The molecular formula is C11H18O3. The van der Waals surface area contributed by atoms with Crippen LogP contribution in [-0.2, 0) is 14.3 Å². The van der Waals surface area contributed by atoms with Gasteiger partial charge >= 0.3 is 0 Å². The number of carbonyl (C=O) groups excluding carboxylic acids is 1. The molecule has 0 bridgehead atoms. The average molecular weight is 198 g/mol. The third-order valence-electron chi connectivity index (χ3n) is 3.41. The predicted octanol–water partition coefficient (Wildman–Crippen LogP) is 1.90. The highest BCUT2D eigenvalue weighted by molar-refractivity contribution is 5.78. The minimum Gasteiger partial charge on any atom is -0.347 e. The Morgan fingerprint density at radius 3 is 2.71 bits per heavy atom. The summed E-state index contributed by atoms with van der Waals surface area (Å²) < 4.78 is 11.5. The third kappa shape index (κ3) is 1.71. The van der Waals surface area contributed by atoms with Crippen molar-refractivity contribution in [1.82, 2.24) is 0 Å². The predicted molar refractivity (Wildman–Crippen MR) is 51.9 cm³/mol. The van der Waals surface area contributed by atoms with E-state index < -0.39 is 5.79 Å². The second-order valence-corrected chi connectivity index (χ2v) is 4.19. The summed E-state index contributed by atoms with van der Waals surface area (Å²) in [6, 6.07) is 0. The summed E-state index contributed by atoms with van der Waals surface area (Å²) in [6.07, 6.45) is 4.04. The fourth-order valence-electron chi connectivity index (χ4n) is 2.56. The Morgan fingerprint density at radius 2 is 2.07 bits per heavy atom. The van der Waals surface area contributed by atoms with Gasteiger partial charge < -0.3 is 9.47 Å². The Labute approximate surface area is 84.8 Å². The van der Waals surface area contributed by atoms with Gasteiger partial charge in [0.05, 0.1) is 13.2 Å². The van der Waals surface area contributed by atoms with Crippen LogP contribution in [0.4, 0.5) is 0 Å². The first-order valence-corrected chi connectivity index (χ1v) is 5.56. The number of hydrogen-bond acceptors (Lipinski definition) is 3. The zero-order valence-corrected chi connectivity index (χ0v) is 8.75. The Balaban J connectivity index is 2.14. The van der Waals surface area contributed by atoms with E-state index in [0.717, 1.165) is 19.3 Å². The first kappa shape index (κ1) is 10.1. The number of hydrogen-bond donors (Lipinski definition) is 0. The first-order valence-electron chi connectivity index (χ1n) is 5.56. The number of ether oxygens (including phenoxy) is 2. The SMILES string of the molecule is CCC1CCC(=O)CCC12OCCO2. The maximum atomic E-state index is 11.4. The molecule has 0 aromatic carbocycles. The quantitative estimate of drug-likeness (QED) is 0.645. The average Bonchev–Trinajstić information content (AvgIpc) is 2.59. The molecule has 2 fully saturated rings. The van der Waals surface area contributed by atoms with E-state index in [1.165, 1.54) is 0 Å². The van der Waals surface area contributed by atoms with E-state index in [1.807, 2.05) is 0 Å². The lowest BCUT2D eigenvalue weighted by atomic mass is 9.91. The molecule has 0 amide bonds. The van der Waals surface area contributed by atoms with Crippen molar-refractivity contribution in [2.24, 2.45) is 5.92 Å². The molecule has 1 aliphatic heterocycles. The highest BCUT2D eigenvalue weighted by Crippen LogP contribution is 2.39. The Bertz CT molecular complexity index is 219. The summed E-state index contributed by atoms with van der Waals surface area (Å²) in [4.78, 5) is 11.4. The molecule has 1 heterocycles. The molecular weight excluding hydrogens is 180 g/mol. The van der Waals surface area contributed by atoms with Gasteiger partial charge in [0.2, 0.25) is 0 Å². The number of rotatable bonds is 1. The maximum absolute atomic E-state index is 11.4. The van der Waals surface area contributed by atoms with Crippen molar-refractivity contribution < 1.29 is 14.3 Å². The van der Waals surface area contributed by atoms with Crippen LogP contribution in [0, 0.1) is 5.92 Å². The summed E-state index contributed by atoms with van der Waals surface area (Å²) in [5, 5.41) is 0. The van der Waals surface area contributed by atoms with E-state index in [4.69, 9.17) is 9.47 Å². The Kier molecular flexibility index (Phi) is 2.88. The number of ketones is 1. The van der Waals surface area contributed by atoms with Crippen LogP contribution in [0.5, 0.6) is 0 Å². The summed E-state index contributed by atoms with van der Waals surface area (Å²) in [6.45, 7) is 3.52. The second kappa shape index (κ2) is 3.99. The molecule has 3 nitrogen and oxygen atoms in total. The molecule has 0 N–H and O–H groups in total. The van der Waals surface area contributed by atoms with Crippen LogP contribution in [0.3, 0.4) is 0 Å². The van der Waals surface area contributed by atoms with E-state index >= 15 is 0 Å². The summed E-state index contributed by atoms with van der Waals surface area (Å²) in [5.41, 5.74) is 0. The van der Waals surface area contributed by atoms with E-state index in [0.29, 0.717) is 37.8 Å². The van der Waals surface area contributed by atoms with E-state index in [2.05, 4.69) is 6.92 Å². The zero-order valence-electron chi connectivity index (χ0n) is 8.75. The van der Waals surface area contributed by atoms with Crippen molar-refractivity contribution >= 4 is 5.78 Å². The Morgan fingerprint density at radius 1 is 1.36 bits per heavy atom. The summed E-state index contributed by atoms with van der Waals surface area (Å²) in [7, 11) is 0. The molecule has 1 spiro atoms. The topological polar surface area (TPSA) is 35.5 Å². The van der Waals surface area contributed by atoms with Gasteiger partial charge in [-0.2, -0.15) is 0 Å². The lowest BCUT2D eigenvalue weighted by Gasteiger charge is -2.33. The normalized spacial score (nSPS) is 32.1. The highest BCUT2D eigenvalue weighted by atomic mass is 16.7. The maximum Gasteiger partial charge on any atom is 0.171 e. The van der Waals surface area contributed by atoms with Crippen LogP contribution in [0.1, 0.15) is 39.0 Å². The van der Waals surface area contributed by atoms with E-state index in [9.17, 15) is 4.79 Å². The van der Waals surface area contributed by atoms with Gasteiger partial charge in [-0.05, 0) is 12.8 Å². The molecule has 1 aliphatic carbocycles. The van der Waals surface area contributed by atoms with Crippen molar-refractivity contribution in [3.8, 4) is 0 Å². The molecule has 0 aromatic heterocycles. The van der Waals surface area contributed by atoms with Crippen LogP contribution in [0.25, 0.3) is 0 Å². The number of carbonyl (C=O) groups is 1. The third-order valence-corrected chi connectivity index (χ3v) is 3.41. The standard InChI is InChI=1S/C11H18O3/c1-2-9-3-4-10(12)5-6-11(9)13-7-8-14-11/h9H,2-8H2,1H3. The highest BCUT2D eigenvalue weighted by Gasteiger charge is 2.44. The van der Waals surface area contributed by atoms with Gasteiger partial charge in [0, 0.05) is 25.2 Å². The minimum atomic E-state index is -0.416. The molecule has 1 saturated carbocycles. The van der Waals surface area contributed by atoms with Gasteiger partial charge in [-0.25, -0.2) is 0 Å². The van der Waals surface area contributed by atoms with Crippen LogP contribution < -0.4 is 0 Å². The van der Waals surface area contributed by atoms with Gasteiger partial charge in [0.15, 0.2) is 5.79 Å². The first-order chi connectivity index (χ1) is 6.77. The van der Waals surface area contributed by atoms with Crippen molar-refractivity contribution in [3.63, 3.8) is 0 Å². The second-order valence-electron chi connectivity index (χ2n) is 4.19. The van der Waals surface area contributed by atoms with Crippen LogP contribution in [0.15, 0.2) is 0 Å². The van der Waals surface area contributed by atoms with Crippen molar-refractivity contribution in [2.45, 2.75) is 44.8 Å². The number of Topliss-reactive ketones (excluding diaryl/α,β-unsaturated/α-hetero) is 1.